The molecule has 0 aliphatic carbocycles. The van der Waals surface area contributed by atoms with E-state index in [1.54, 1.807) is 6.07 Å². The zero-order chi connectivity index (χ0) is 15.1. The number of rotatable bonds is 2. The fourth-order valence-corrected chi connectivity index (χ4v) is 2.94. The molecule has 0 radical (unpaired) electrons. The zero-order valence-corrected chi connectivity index (χ0v) is 11.2. The van der Waals surface area contributed by atoms with Crippen LogP contribution in [0.25, 0.3) is 21.5 Å². The van der Waals surface area contributed by atoms with Crippen molar-refractivity contribution in [1.29, 1.82) is 0 Å². The Bertz CT molecular complexity index is 877. The molecule has 7 heteroatoms. The summed E-state index contributed by atoms with van der Waals surface area (Å²) in [7, 11) is 0. The highest BCUT2D eigenvalue weighted by Crippen LogP contribution is 2.34. The molecular formula is C14H8F2N2O2S. The molecule has 0 aliphatic rings. The number of carbonyl (C=O) groups is 1. The summed E-state index contributed by atoms with van der Waals surface area (Å²) in [4.78, 5) is 15.6. The highest BCUT2D eigenvalue weighted by atomic mass is 32.1. The lowest BCUT2D eigenvalue weighted by atomic mass is 10.1. The lowest BCUT2D eigenvalue weighted by Crippen LogP contribution is -1.96. The smallest absolute Gasteiger partial charge is 0.348 e. The third kappa shape index (κ3) is 2.21. The molecule has 3 N–H and O–H groups in total. The number of fused-ring (bicyclic) bond motifs is 1. The molecule has 2 aromatic heterocycles. The Labute approximate surface area is 121 Å². The van der Waals surface area contributed by atoms with Gasteiger partial charge in [-0.1, -0.05) is 0 Å². The maximum Gasteiger partial charge on any atom is 0.348 e. The summed E-state index contributed by atoms with van der Waals surface area (Å²) in [6.07, 6.45) is 0. The topological polar surface area (TPSA) is 76.2 Å². The Morgan fingerprint density at radius 2 is 2.00 bits per heavy atom. The van der Waals surface area contributed by atoms with Crippen LogP contribution >= 0.6 is 11.3 Å². The first kappa shape index (κ1) is 13.4. The second-order valence-corrected chi connectivity index (χ2v) is 5.32. The quantitative estimate of drug-likeness (QED) is 0.759. The third-order valence-corrected chi connectivity index (χ3v) is 4.10. The second kappa shape index (κ2) is 4.78. The average Bonchev–Trinajstić information content (AvgIpc) is 2.76. The Hall–Kier alpha value is -2.54. The van der Waals surface area contributed by atoms with Crippen molar-refractivity contribution in [3.05, 3.63) is 46.8 Å². The summed E-state index contributed by atoms with van der Waals surface area (Å²) in [5, 5.41) is 9.53. The fourth-order valence-electron chi connectivity index (χ4n) is 2.00. The largest absolute Gasteiger partial charge is 0.477 e. The van der Waals surface area contributed by atoms with Gasteiger partial charge in [0.05, 0.1) is 11.4 Å². The summed E-state index contributed by atoms with van der Waals surface area (Å²) in [5.41, 5.74) is 6.32. The molecule has 106 valence electrons. The molecule has 0 fully saturated rings. The van der Waals surface area contributed by atoms with Gasteiger partial charge in [-0.05, 0) is 24.3 Å². The van der Waals surface area contributed by atoms with Gasteiger partial charge in [0.25, 0.3) is 0 Å². The normalized spacial score (nSPS) is 11.0. The Morgan fingerprint density at radius 1 is 1.24 bits per heavy atom. The highest BCUT2D eigenvalue weighted by Gasteiger charge is 2.17. The Kier molecular flexibility index (Phi) is 3.06. The predicted octanol–water partition coefficient (Wildman–Crippen LogP) is 3.52. The number of carboxylic acids is 1. The number of nitrogens with two attached hydrogens (primary N) is 1. The van der Waals surface area contributed by atoms with Crippen molar-refractivity contribution in [3.63, 3.8) is 0 Å². The Morgan fingerprint density at radius 3 is 2.67 bits per heavy atom. The lowest BCUT2D eigenvalue weighted by molar-refractivity contribution is 0.0703. The average molecular weight is 306 g/mol. The van der Waals surface area contributed by atoms with Crippen LogP contribution in [0.5, 0.6) is 0 Å². The number of anilines is 1. The number of hydrogen-bond acceptors (Lipinski definition) is 4. The van der Waals surface area contributed by atoms with Crippen LogP contribution in [0.1, 0.15) is 9.67 Å². The minimum absolute atomic E-state index is 0.00534. The van der Waals surface area contributed by atoms with Gasteiger partial charge >= 0.3 is 5.97 Å². The van der Waals surface area contributed by atoms with Gasteiger partial charge in [-0.2, -0.15) is 0 Å². The Balaban J connectivity index is 2.19. The number of aromatic carboxylic acids is 1. The molecule has 3 aromatic rings. The van der Waals surface area contributed by atoms with E-state index >= 15 is 0 Å². The maximum atomic E-state index is 13.8. The van der Waals surface area contributed by atoms with E-state index in [1.165, 1.54) is 12.1 Å². The van der Waals surface area contributed by atoms with E-state index in [1.807, 2.05) is 0 Å². The van der Waals surface area contributed by atoms with Crippen LogP contribution in [0.3, 0.4) is 0 Å². The molecule has 0 spiro atoms. The van der Waals surface area contributed by atoms with E-state index in [0.717, 1.165) is 23.5 Å². The van der Waals surface area contributed by atoms with Gasteiger partial charge in [-0.15, -0.1) is 11.3 Å². The van der Waals surface area contributed by atoms with Crippen LogP contribution in [0.4, 0.5) is 14.5 Å². The zero-order valence-electron chi connectivity index (χ0n) is 10.4. The number of nitrogens with zero attached hydrogens (tertiary/aromatic N) is 1. The molecule has 4 nitrogen and oxygen atoms in total. The molecule has 2 heterocycles. The van der Waals surface area contributed by atoms with Crippen molar-refractivity contribution in [2.45, 2.75) is 0 Å². The highest BCUT2D eigenvalue weighted by molar-refractivity contribution is 7.21. The van der Waals surface area contributed by atoms with E-state index in [9.17, 15) is 13.6 Å². The first-order valence-corrected chi connectivity index (χ1v) is 6.67. The van der Waals surface area contributed by atoms with Gasteiger partial charge in [0.15, 0.2) is 0 Å². The van der Waals surface area contributed by atoms with E-state index in [2.05, 4.69) is 4.98 Å². The first-order valence-electron chi connectivity index (χ1n) is 5.85. The van der Waals surface area contributed by atoms with Crippen LogP contribution < -0.4 is 5.73 Å². The first-order chi connectivity index (χ1) is 9.97. The summed E-state index contributed by atoms with van der Waals surface area (Å²) < 4.78 is 26.7. The van der Waals surface area contributed by atoms with Gasteiger partial charge in [0.1, 0.15) is 21.3 Å². The molecule has 0 unspecified atom stereocenters. The molecule has 0 bridgehead atoms. The molecule has 0 atom stereocenters. The summed E-state index contributed by atoms with van der Waals surface area (Å²) in [6.45, 7) is 0. The van der Waals surface area contributed by atoms with Crippen LogP contribution in [-0.4, -0.2) is 16.1 Å². The van der Waals surface area contributed by atoms with Crippen LogP contribution in [-0.2, 0) is 0 Å². The van der Waals surface area contributed by atoms with Crippen LogP contribution in [0.15, 0.2) is 30.3 Å². The van der Waals surface area contributed by atoms with Crippen molar-refractivity contribution in [2.75, 3.05) is 5.73 Å². The van der Waals surface area contributed by atoms with Gasteiger partial charge in [0.2, 0.25) is 0 Å². The van der Waals surface area contributed by atoms with Crippen molar-refractivity contribution in [2.24, 2.45) is 0 Å². The third-order valence-electron chi connectivity index (χ3n) is 3.00. The van der Waals surface area contributed by atoms with E-state index < -0.39 is 17.6 Å². The molecule has 0 aliphatic heterocycles. The van der Waals surface area contributed by atoms with E-state index in [0.29, 0.717) is 10.2 Å². The fraction of sp³-hybridized carbons (Fsp3) is 0. The molecule has 1 aromatic carbocycles. The van der Waals surface area contributed by atoms with Gasteiger partial charge < -0.3 is 10.8 Å². The summed E-state index contributed by atoms with van der Waals surface area (Å²) in [5.74, 6) is -2.54. The minimum atomic E-state index is -1.13. The summed E-state index contributed by atoms with van der Waals surface area (Å²) >= 11 is 0.918. The standard InChI is InChI=1S/C14H8F2N2O2S/c15-6-1-2-7(9(16)5-6)10-4-3-8-11(17)12(14(19)20)21-13(8)18-10/h1-5H,17H2,(H,19,20). The second-order valence-electron chi connectivity index (χ2n) is 4.32. The number of nitrogen functional groups attached to an aromatic ring is 1. The van der Waals surface area contributed by atoms with Gasteiger partial charge in [-0.3, -0.25) is 0 Å². The number of aromatic nitrogens is 1. The van der Waals surface area contributed by atoms with E-state index in [4.69, 9.17) is 10.8 Å². The minimum Gasteiger partial charge on any atom is -0.477 e. The van der Waals surface area contributed by atoms with Crippen molar-refractivity contribution in [1.82, 2.24) is 4.98 Å². The van der Waals surface area contributed by atoms with Crippen molar-refractivity contribution in [3.8, 4) is 11.3 Å². The molecule has 0 amide bonds. The van der Waals surface area contributed by atoms with Crippen molar-refractivity contribution < 1.29 is 18.7 Å². The van der Waals surface area contributed by atoms with Crippen molar-refractivity contribution >= 4 is 33.2 Å². The predicted molar refractivity (Wildman–Crippen MR) is 76.3 cm³/mol. The SMILES string of the molecule is Nc1c(C(=O)O)sc2nc(-c3ccc(F)cc3F)ccc12. The van der Waals surface area contributed by atoms with Crippen LogP contribution in [0.2, 0.25) is 0 Å². The molecule has 3 rings (SSSR count). The monoisotopic (exact) mass is 306 g/mol. The molecular weight excluding hydrogens is 298 g/mol. The number of thiophene rings is 1. The number of hydrogen-bond donors (Lipinski definition) is 2. The molecule has 21 heavy (non-hydrogen) atoms. The van der Waals surface area contributed by atoms with Gasteiger partial charge in [0, 0.05) is 17.0 Å². The molecule has 0 saturated heterocycles. The number of pyridine rings is 1. The van der Waals surface area contributed by atoms with Crippen LogP contribution in [0, 0.1) is 11.6 Å². The number of carboxylic acid groups (broad SMARTS) is 1. The molecule has 0 saturated carbocycles. The maximum absolute atomic E-state index is 13.8. The summed E-state index contributed by atoms with van der Waals surface area (Å²) in [6, 6.07) is 6.29. The number of halogens is 2. The lowest BCUT2D eigenvalue weighted by Gasteiger charge is -2.03. The van der Waals surface area contributed by atoms with E-state index in [-0.39, 0.29) is 21.8 Å². The number of benzene rings is 1. The van der Waals surface area contributed by atoms with Gasteiger partial charge in [-0.25, -0.2) is 18.6 Å².